The number of hydrogen-bond acceptors (Lipinski definition) is 5. The van der Waals surface area contributed by atoms with E-state index in [-0.39, 0.29) is 12.1 Å². The van der Waals surface area contributed by atoms with Gasteiger partial charge in [-0.1, -0.05) is 36.2 Å². The number of ketones is 1. The van der Waals surface area contributed by atoms with Crippen LogP contribution in [-0.4, -0.2) is 50.3 Å². The minimum Gasteiger partial charge on any atom is -0.332 e. The maximum atomic E-state index is 13.1. The van der Waals surface area contributed by atoms with Crippen molar-refractivity contribution in [3.63, 3.8) is 0 Å². The van der Waals surface area contributed by atoms with Crippen molar-refractivity contribution in [3.8, 4) is 5.69 Å². The third kappa shape index (κ3) is 6.95. The molecule has 13 heteroatoms. The van der Waals surface area contributed by atoms with E-state index in [0.717, 1.165) is 23.4 Å². The Hall–Kier alpha value is -3.02. The second kappa shape index (κ2) is 12.0. The molecule has 0 bridgehead atoms. The first-order valence-corrected chi connectivity index (χ1v) is 13.7. The molecule has 206 valence electrons. The molecule has 0 radical (unpaired) electrons. The molecule has 1 atom stereocenters. The lowest BCUT2D eigenvalue weighted by atomic mass is 10.1. The van der Waals surface area contributed by atoms with Crippen LogP contribution in [0.4, 0.5) is 18.0 Å². The number of amidine groups is 1. The Morgan fingerprint density at radius 3 is 2.56 bits per heavy atom. The van der Waals surface area contributed by atoms with Crippen LogP contribution in [0.3, 0.4) is 0 Å². The molecule has 1 aromatic heterocycles. The van der Waals surface area contributed by atoms with Crippen molar-refractivity contribution < 1.29 is 22.8 Å². The Balaban J connectivity index is 1.62. The quantitative estimate of drug-likeness (QED) is 0.253. The first kappa shape index (κ1) is 29.0. The van der Waals surface area contributed by atoms with E-state index in [2.05, 4.69) is 12.2 Å². The molecule has 4 rings (SSSR count). The predicted octanol–water partition coefficient (Wildman–Crippen LogP) is 6.42. The minimum absolute atomic E-state index is 0.113. The van der Waals surface area contributed by atoms with Crippen LogP contribution in [0.2, 0.25) is 10.0 Å². The Kier molecular flexibility index (Phi) is 8.93. The average molecular weight is 598 g/mol. The van der Waals surface area contributed by atoms with Gasteiger partial charge in [0.25, 0.3) is 5.78 Å². The highest BCUT2D eigenvalue weighted by molar-refractivity contribution is 7.99. The van der Waals surface area contributed by atoms with Gasteiger partial charge >= 0.3 is 12.2 Å². The van der Waals surface area contributed by atoms with Crippen LogP contribution in [0, 0.1) is 5.41 Å². The molecule has 0 aliphatic carbocycles. The van der Waals surface area contributed by atoms with Gasteiger partial charge in [-0.2, -0.15) is 30.0 Å². The molecule has 0 spiro atoms. The summed E-state index contributed by atoms with van der Waals surface area (Å²) in [6.07, 6.45) is -3.58. The summed E-state index contributed by atoms with van der Waals surface area (Å²) in [7, 11) is 0. The van der Waals surface area contributed by atoms with Crippen molar-refractivity contribution in [2.45, 2.75) is 43.5 Å². The number of carbonyl (C=O) groups is 2. The number of nitrogens with one attached hydrogen (secondary N) is 2. The number of Topliss-reactive ketones (excluding diaryl/α,β-unsaturated/α-hetero) is 1. The number of nitrogens with zero attached hydrogens (tertiary/aromatic N) is 3. The van der Waals surface area contributed by atoms with Crippen molar-refractivity contribution in [2.24, 2.45) is 0 Å². The standard InChI is InChI=1S/C26H24Cl2F3N5O2S/c1-15-5-10-20-21(34-36(22(20)14-39-15)19-4-2-3-18(28)11-19)12-33-25(38)35(13-23(37)26(29,30)31)24(32)16-6-8-17(27)9-7-16/h2-4,6-9,11,15,32H,5,10,12-14H2,1H3,(H,33,38)/t15-/m1/s1. The molecular formula is C26H24Cl2F3N5O2S. The highest BCUT2D eigenvalue weighted by Crippen LogP contribution is 2.32. The highest BCUT2D eigenvalue weighted by atomic mass is 35.5. The van der Waals surface area contributed by atoms with E-state index in [9.17, 15) is 22.8 Å². The van der Waals surface area contributed by atoms with Crippen LogP contribution in [-0.2, 0) is 23.5 Å². The summed E-state index contributed by atoms with van der Waals surface area (Å²) in [6.45, 7) is 0.672. The van der Waals surface area contributed by atoms with Crippen LogP contribution in [0.5, 0.6) is 0 Å². The number of alkyl halides is 3. The van der Waals surface area contributed by atoms with Gasteiger partial charge in [0, 0.05) is 26.6 Å². The number of carbonyl (C=O) groups excluding carboxylic acids is 2. The normalized spacial score (nSPS) is 15.3. The van der Waals surface area contributed by atoms with Gasteiger partial charge < -0.3 is 5.32 Å². The molecule has 2 heterocycles. The minimum atomic E-state index is -5.17. The lowest BCUT2D eigenvalue weighted by Gasteiger charge is -2.23. The van der Waals surface area contributed by atoms with Gasteiger partial charge in [0.05, 0.1) is 30.2 Å². The number of benzene rings is 2. The zero-order valence-corrected chi connectivity index (χ0v) is 23.0. The summed E-state index contributed by atoms with van der Waals surface area (Å²) in [5.74, 6) is -2.05. The van der Waals surface area contributed by atoms with Gasteiger partial charge in [-0.15, -0.1) is 0 Å². The van der Waals surface area contributed by atoms with Crippen molar-refractivity contribution >= 4 is 52.6 Å². The molecule has 7 nitrogen and oxygen atoms in total. The number of thioether (sulfide) groups is 1. The number of aromatic nitrogens is 2. The largest absolute Gasteiger partial charge is 0.451 e. The summed E-state index contributed by atoms with van der Waals surface area (Å²) < 4.78 is 41.0. The van der Waals surface area contributed by atoms with E-state index in [1.165, 1.54) is 24.3 Å². The second-order valence-electron chi connectivity index (χ2n) is 8.95. The molecule has 2 aromatic carbocycles. The SMILES string of the molecule is C[C@@H]1CCc2c(CNC(=O)N(CC(=O)C(F)(F)F)C(=N)c3ccc(Cl)cc3)nn(-c3cccc(Cl)c3)c2CS1. The van der Waals surface area contributed by atoms with E-state index in [0.29, 0.717) is 38.1 Å². The van der Waals surface area contributed by atoms with E-state index in [1.807, 2.05) is 6.07 Å². The van der Waals surface area contributed by atoms with Gasteiger partial charge in [0.1, 0.15) is 5.84 Å². The molecule has 0 unspecified atom stereocenters. The van der Waals surface area contributed by atoms with E-state index < -0.39 is 30.4 Å². The fourth-order valence-electron chi connectivity index (χ4n) is 4.09. The summed E-state index contributed by atoms with van der Waals surface area (Å²) >= 11 is 13.8. The summed E-state index contributed by atoms with van der Waals surface area (Å²) in [4.78, 5) is 25.4. The third-order valence-corrected chi connectivity index (χ3v) is 7.92. The first-order valence-electron chi connectivity index (χ1n) is 11.9. The molecule has 3 aromatic rings. The van der Waals surface area contributed by atoms with Crippen LogP contribution in [0.1, 0.15) is 35.9 Å². The van der Waals surface area contributed by atoms with Crippen molar-refractivity contribution in [1.82, 2.24) is 20.0 Å². The van der Waals surface area contributed by atoms with Gasteiger partial charge in [-0.25, -0.2) is 9.48 Å². The molecule has 39 heavy (non-hydrogen) atoms. The van der Waals surface area contributed by atoms with Crippen molar-refractivity contribution in [1.29, 1.82) is 5.41 Å². The monoisotopic (exact) mass is 597 g/mol. The maximum Gasteiger partial charge on any atom is 0.451 e. The lowest BCUT2D eigenvalue weighted by molar-refractivity contribution is -0.170. The maximum absolute atomic E-state index is 13.1. The van der Waals surface area contributed by atoms with Gasteiger partial charge in [0.2, 0.25) is 0 Å². The highest BCUT2D eigenvalue weighted by Gasteiger charge is 2.40. The van der Waals surface area contributed by atoms with Crippen LogP contribution in [0.25, 0.3) is 5.69 Å². The van der Waals surface area contributed by atoms with Crippen molar-refractivity contribution in [3.05, 3.63) is 81.1 Å². The smallest absolute Gasteiger partial charge is 0.332 e. The molecule has 2 amide bonds. The van der Waals surface area contributed by atoms with Gasteiger partial charge in [0.15, 0.2) is 0 Å². The van der Waals surface area contributed by atoms with Gasteiger partial charge in [-0.05, 0) is 60.9 Å². The van der Waals surface area contributed by atoms with Crippen LogP contribution >= 0.6 is 35.0 Å². The third-order valence-electron chi connectivity index (χ3n) is 6.19. The van der Waals surface area contributed by atoms with Crippen molar-refractivity contribution in [2.75, 3.05) is 6.54 Å². The Morgan fingerprint density at radius 1 is 1.18 bits per heavy atom. The van der Waals surface area contributed by atoms with E-state index in [1.54, 1.807) is 34.6 Å². The fourth-order valence-corrected chi connectivity index (χ4v) is 5.43. The predicted molar refractivity (Wildman–Crippen MR) is 146 cm³/mol. The number of amides is 2. The number of fused-ring (bicyclic) bond motifs is 1. The Morgan fingerprint density at radius 2 is 1.90 bits per heavy atom. The topological polar surface area (TPSA) is 91.1 Å². The van der Waals surface area contributed by atoms with Crippen LogP contribution in [0.15, 0.2) is 48.5 Å². The Labute approximate surface area is 237 Å². The summed E-state index contributed by atoms with van der Waals surface area (Å²) in [5.41, 5.74) is 3.31. The molecular weight excluding hydrogens is 574 g/mol. The zero-order chi connectivity index (χ0) is 28.3. The molecule has 2 N–H and O–H groups in total. The second-order valence-corrected chi connectivity index (χ2v) is 11.2. The van der Waals surface area contributed by atoms with E-state index in [4.69, 9.17) is 33.7 Å². The molecule has 0 saturated carbocycles. The first-order chi connectivity index (χ1) is 18.4. The average Bonchev–Trinajstić information content (AvgIpc) is 3.12. The molecule has 1 aliphatic rings. The number of hydrogen-bond donors (Lipinski definition) is 2. The number of urea groups is 1. The summed E-state index contributed by atoms with van der Waals surface area (Å²) in [6, 6.07) is 11.8. The molecule has 0 saturated heterocycles. The molecule has 1 aliphatic heterocycles. The van der Waals surface area contributed by atoms with E-state index >= 15 is 0 Å². The fraction of sp³-hybridized carbons (Fsp3) is 0.308. The Bertz CT molecular complexity index is 1400. The number of halogens is 5. The van der Waals surface area contributed by atoms with Gasteiger partial charge in [-0.3, -0.25) is 15.1 Å². The van der Waals surface area contributed by atoms with Crippen LogP contribution < -0.4 is 5.32 Å². The lowest BCUT2D eigenvalue weighted by Crippen LogP contribution is -2.48. The zero-order valence-electron chi connectivity index (χ0n) is 20.7. The molecule has 0 fully saturated rings. The summed E-state index contributed by atoms with van der Waals surface area (Å²) in [5, 5.41) is 16.9. The number of rotatable bonds is 6.